The summed E-state index contributed by atoms with van der Waals surface area (Å²) < 4.78 is 16.0. The van der Waals surface area contributed by atoms with Gasteiger partial charge < -0.3 is 18.9 Å². The molecule has 1 aromatic carbocycles. The number of ether oxygens (including phenoxy) is 2. The molecule has 1 fully saturated rings. The minimum Gasteiger partial charge on any atom is -0.454 e. The number of hydrogen-bond donors (Lipinski definition) is 0. The summed E-state index contributed by atoms with van der Waals surface area (Å²) in [6.07, 6.45) is 3.34. The van der Waals surface area contributed by atoms with Crippen molar-refractivity contribution in [3.8, 4) is 22.9 Å². The van der Waals surface area contributed by atoms with Gasteiger partial charge in [-0.1, -0.05) is 11.2 Å². The molecule has 0 N–H and O–H groups in total. The summed E-state index contributed by atoms with van der Waals surface area (Å²) in [5.41, 5.74) is 1.84. The van der Waals surface area contributed by atoms with E-state index in [1.807, 2.05) is 35.0 Å². The van der Waals surface area contributed by atoms with Crippen LogP contribution < -0.4 is 9.47 Å². The highest BCUT2D eigenvalue weighted by molar-refractivity contribution is 7.08. The summed E-state index contributed by atoms with van der Waals surface area (Å²) in [5.74, 6) is 2.66. The third-order valence-corrected chi connectivity index (χ3v) is 5.26. The van der Waals surface area contributed by atoms with E-state index in [-0.39, 0.29) is 18.6 Å². The maximum atomic E-state index is 12.3. The van der Waals surface area contributed by atoms with Crippen LogP contribution in [0.3, 0.4) is 0 Å². The number of carbonyl (C=O) groups is 1. The van der Waals surface area contributed by atoms with Crippen molar-refractivity contribution in [2.45, 2.75) is 5.92 Å². The number of aromatic nitrogens is 2. The quantitative estimate of drug-likeness (QED) is 0.646. The van der Waals surface area contributed by atoms with Crippen molar-refractivity contribution < 1.29 is 18.8 Å². The Labute approximate surface area is 158 Å². The Hall–Kier alpha value is -3.13. The number of amides is 1. The summed E-state index contributed by atoms with van der Waals surface area (Å²) in [4.78, 5) is 18.5. The number of likely N-dealkylation sites (tertiary alicyclic amines) is 1. The lowest BCUT2D eigenvalue weighted by atomic mass is 10.00. The molecule has 2 aliphatic heterocycles. The van der Waals surface area contributed by atoms with Gasteiger partial charge in [0.2, 0.25) is 24.4 Å². The van der Waals surface area contributed by atoms with Gasteiger partial charge in [-0.05, 0) is 35.2 Å². The molecule has 4 heterocycles. The number of fused-ring (bicyclic) bond motifs is 1. The van der Waals surface area contributed by atoms with E-state index in [1.54, 1.807) is 28.4 Å². The normalized spacial score (nSPS) is 16.1. The van der Waals surface area contributed by atoms with Crippen molar-refractivity contribution in [3.05, 3.63) is 52.6 Å². The molecule has 1 saturated heterocycles. The molecule has 27 heavy (non-hydrogen) atoms. The number of thiophene rings is 1. The van der Waals surface area contributed by atoms with Gasteiger partial charge in [-0.3, -0.25) is 4.79 Å². The van der Waals surface area contributed by atoms with E-state index in [9.17, 15) is 4.79 Å². The largest absolute Gasteiger partial charge is 0.454 e. The summed E-state index contributed by atoms with van der Waals surface area (Å²) in [7, 11) is 0. The van der Waals surface area contributed by atoms with Crippen LogP contribution in [0.2, 0.25) is 0 Å². The van der Waals surface area contributed by atoms with Crippen LogP contribution in [-0.2, 0) is 4.79 Å². The van der Waals surface area contributed by atoms with Crippen molar-refractivity contribution in [2.75, 3.05) is 19.9 Å². The molecule has 0 unspecified atom stereocenters. The summed E-state index contributed by atoms with van der Waals surface area (Å²) in [5, 5.41) is 7.97. The molecule has 0 saturated carbocycles. The fourth-order valence-electron chi connectivity index (χ4n) is 3.01. The van der Waals surface area contributed by atoms with Crippen LogP contribution in [0, 0.1) is 0 Å². The molecule has 0 spiro atoms. The molecule has 0 radical (unpaired) electrons. The highest BCUT2D eigenvalue weighted by Crippen LogP contribution is 2.33. The minimum absolute atomic E-state index is 0.0403. The van der Waals surface area contributed by atoms with E-state index in [1.165, 1.54) is 0 Å². The molecule has 0 aliphatic carbocycles. The first-order valence-electron chi connectivity index (χ1n) is 8.49. The molecular weight excluding hydrogens is 366 g/mol. The van der Waals surface area contributed by atoms with Gasteiger partial charge in [0.15, 0.2) is 11.5 Å². The van der Waals surface area contributed by atoms with Crippen molar-refractivity contribution in [1.29, 1.82) is 0 Å². The van der Waals surface area contributed by atoms with E-state index in [2.05, 4.69) is 10.1 Å². The topological polar surface area (TPSA) is 77.7 Å². The Kier molecular flexibility index (Phi) is 3.90. The lowest BCUT2D eigenvalue weighted by molar-refractivity contribution is -0.130. The van der Waals surface area contributed by atoms with Gasteiger partial charge in [-0.15, -0.1) is 0 Å². The second kappa shape index (κ2) is 6.55. The van der Waals surface area contributed by atoms with Crippen molar-refractivity contribution in [3.63, 3.8) is 0 Å². The van der Waals surface area contributed by atoms with Gasteiger partial charge in [-0.2, -0.15) is 16.3 Å². The highest BCUT2D eigenvalue weighted by Gasteiger charge is 2.34. The molecule has 5 rings (SSSR count). The third kappa shape index (κ3) is 3.08. The van der Waals surface area contributed by atoms with Crippen LogP contribution in [0.4, 0.5) is 0 Å². The van der Waals surface area contributed by atoms with Gasteiger partial charge in [-0.25, -0.2) is 0 Å². The van der Waals surface area contributed by atoms with E-state index in [0.29, 0.717) is 30.6 Å². The zero-order valence-electron chi connectivity index (χ0n) is 14.2. The standard InChI is InChI=1S/C19H15N3O4S/c23-17(4-2-12-1-3-15-16(7-12)25-11-24-15)22-8-14(9-22)19-20-18(21-26-19)13-5-6-27-10-13/h1-7,10,14H,8-9,11H2/b4-2+. The first-order valence-corrected chi connectivity index (χ1v) is 9.43. The fraction of sp³-hybridized carbons (Fsp3) is 0.211. The van der Waals surface area contributed by atoms with Crippen molar-refractivity contribution in [2.24, 2.45) is 0 Å². The van der Waals surface area contributed by atoms with Crippen molar-refractivity contribution >= 4 is 23.3 Å². The number of hydrogen-bond acceptors (Lipinski definition) is 7. The summed E-state index contributed by atoms with van der Waals surface area (Å²) in [6.45, 7) is 1.39. The minimum atomic E-state index is -0.0403. The monoisotopic (exact) mass is 381 g/mol. The molecule has 3 aromatic rings. The highest BCUT2D eigenvalue weighted by atomic mass is 32.1. The maximum absolute atomic E-state index is 12.3. The Morgan fingerprint density at radius 3 is 2.96 bits per heavy atom. The smallest absolute Gasteiger partial charge is 0.246 e. The van der Waals surface area contributed by atoms with E-state index < -0.39 is 0 Å². The van der Waals surface area contributed by atoms with Crippen LogP contribution in [0.25, 0.3) is 17.5 Å². The molecule has 7 nitrogen and oxygen atoms in total. The zero-order valence-corrected chi connectivity index (χ0v) is 15.0. The molecule has 0 bridgehead atoms. The third-order valence-electron chi connectivity index (χ3n) is 4.58. The molecule has 0 atom stereocenters. The number of rotatable bonds is 4. The summed E-state index contributed by atoms with van der Waals surface area (Å²) >= 11 is 1.59. The SMILES string of the molecule is O=C(/C=C/c1ccc2c(c1)OCO2)N1CC(c2nc(-c3ccsc3)no2)C1. The van der Waals surface area contributed by atoms with Crippen LogP contribution in [0.1, 0.15) is 17.4 Å². The van der Waals surface area contributed by atoms with Gasteiger partial charge >= 0.3 is 0 Å². The molecule has 136 valence electrons. The van der Waals surface area contributed by atoms with Crippen LogP contribution in [0.5, 0.6) is 11.5 Å². The van der Waals surface area contributed by atoms with Crippen molar-refractivity contribution in [1.82, 2.24) is 15.0 Å². The molecule has 2 aliphatic rings. The first-order chi connectivity index (χ1) is 13.3. The molecule has 1 amide bonds. The Bertz CT molecular complexity index is 1010. The molecule has 2 aromatic heterocycles. The Morgan fingerprint density at radius 2 is 2.11 bits per heavy atom. The van der Waals surface area contributed by atoms with Gasteiger partial charge in [0.1, 0.15) is 0 Å². The van der Waals surface area contributed by atoms with Crippen LogP contribution in [-0.4, -0.2) is 40.8 Å². The lowest BCUT2D eigenvalue weighted by Gasteiger charge is -2.36. The first kappa shape index (κ1) is 16.1. The predicted octanol–water partition coefficient (Wildman–Crippen LogP) is 3.17. The zero-order chi connectivity index (χ0) is 18.2. The lowest BCUT2D eigenvalue weighted by Crippen LogP contribution is -2.47. The van der Waals surface area contributed by atoms with E-state index in [4.69, 9.17) is 14.0 Å². The average molecular weight is 381 g/mol. The Balaban J connectivity index is 1.19. The number of nitrogens with zero attached hydrogens (tertiary/aromatic N) is 3. The fourth-order valence-corrected chi connectivity index (χ4v) is 3.65. The second-order valence-electron chi connectivity index (χ2n) is 6.35. The predicted molar refractivity (Wildman–Crippen MR) is 98.5 cm³/mol. The number of carbonyl (C=O) groups excluding carboxylic acids is 1. The Morgan fingerprint density at radius 1 is 1.22 bits per heavy atom. The maximum Gasteiger partial charge on any atom is 0.246 e. The van der Waals surface area contributed by atoms with Gasteiger partial charge in [0, 0.05) is 30.1 Å². The van der Waals surface area contributed by atoms with Crippen LogP contribution in [0.15, 0.2) is 45.6 Å². The second-order valence-corrected chi connectivity index (χ2v) is 7.13. The van der Waals surface area contributed by atoms with Crippen LogP contribution >= 0.6 is 11.3 Å². The van der Waals surface area contributed by atoms with E-state index in [0.717, 1.165) is 16.9 Å². The summed E-state index contributed by atoms with van der Waals surface area (Å²) in [6, 6.07) is 7.54. The molecule has 8 heteroatoms. The average Bonchev–Trinajstić information content (AvgIpc) is 3.38. The van der Waals surface area contributed by atoms with Gasteiger partial charge in [0.05, 0.1) is 5.92 Å². The van der Waals surface area contributed by atoms with Gasteiger partial charge in [0.25, 0.3) is 0 Å². The van der Waals surface area contributed by atoms with E-state index >= 15 is 0 Å². The number of benzene rings is 1. The molecular formula is C19H15N3O4S.